The van der Waals surface area contributed by atoms with Gasteiger partial charge in [-0.2, -0.15) is 0 Å². The fourth-order valence-corrected chi connectivity index (χ4v) is 2.93. The molecule has 0 radical (unpaired) electrons. The van der Waals surface area contributed by atoms with Crippen LogP contribution in [-0.2, 0) is 6.54 Å². The van der Waals surface area contributed by atoms with Gasteiger partial charge in [0, 0.05) is 53.7 Å². The predicted octanol–water partition coefficient (Wildman–Crippen LogP) is 3.84. The van der Waals surface area contributed by atoms with Gasteiger partial charge in [0.2, 0.25) is 0 Å². The van der Waals surface area contributed by atoms with Gasteiger partial charge in [-0.05, 0) is 42.8 Å². The lowest BCUT2D eigenvalue weighted by Crippen LogP contribution is -2.22. The van der Waals surface area contributed by atoms with E-state index in [1.54, 1.807) is 43.1 Å². The first kappa shape index (κ1) is 18.4. The standard InChI is InChI=1S/C23H19N5O/c1-16-12-20(8-9-25-16)21-7-2-17(13-27-21)14-28-23(29)19-5-3-18(4-6-19)22-15-24-10-11-26-22/h2-13,15H,14H2,1H3,(H,28,29). The summed E-state index contributed by atoms with van der Waals surface area (Å²) in [5, 5.41) is 2.93. The van der Waals surface area contributed by atoms with Crippen LogP contribution in [0.15, 0.2) is 79.5 Å². The molecule has 0 unspecified atom stereocenters. The molecular formula is C23H19N5O. The van der Waals surface area contributed by atoms with Gasteiger partial charge >= 0.3 is 0 Å². The first-order valence-corrected chi connectivity index (χ1v) is 9.22. The van der Waals surface area contributed by atoms with E-state index in [0.717, 1.165) is 33.8 Å². The Hall–Kier alpha value is -3.93. The minimum absolute atomic E-state index is 0.135. The molecule has 1 N–H and O–H groups in total. The second-order valence-electron chi connectivity index (χ2n) is 6.59. The zero-order chi connectivity index (χ0) is 20.1. The lowest BCUT2D eigenvalue weighted by Gasteiger charge is -2.07. The minimum atomic E-state index is -0.135. The number of benzene rings is 1. The Morgan fingerprint density at radius 3 is 2.38 bits per heavy atom. The van der Waals surface area contributed by atoms with Crippen molar-refractivity contribution in [1.82, 2.24) is 25.3 Å². The lowest BCUT2D eigenvalue weighted by atomic mass is 10.1. The van der Waals surface area contributed by atoms with Crippen LogP contribution in [0.5, 0.6) is 0 Å². The summed E-state index contributed by atoms with van der Waals surface area (Å²) in [5.41, 5.74) is 6.07. The van der Waals surface area contributed by atoms with Crippen LogP contribution in [0.4, 0.5) is 0 Å². The number of nitrogens with one attached hydrogen (secondary N) is 1. The van der Waals surface area contributed by atoms with Gasteiger partial charge in [0.25, 0.3) is 5.91 Å². The maximum absolute atomic E-state index is 12.4. The summed E-state index contributed by atoms with van der Waals surface area (Å²) in [4.78, 5) is 29.4. The third-order valence-electron chi connectivity index (χ3n) is 4.48. The van der Waals surface area contributed by atoms with E-state index in [2.05, 4.69) is 25.3 Å². The largest absolute Gasteiger partial charge is 0.348 e. The zero-order valence-electron chi connectivity index (χ0n) is 15.9. The third-order valence-corrected chi connectivity index (χ3v) is 4.48. The monoisotopic (exact) mass is 381 g/mol. The average Bonchev–Trinajstić information content (AvgIpc) is 2.78. The fourth-order valence-electron chi connectivity index (χ4n) is 2.93. The van der Waals surface area contributed by atoms with Crippen LogP contribution in [0.3, 0.4) is 0 Å². The Kier molecular flexibility index (Phi) is 5.33. The van der Waals surface area contributed by atoms with Crippen LogP contribution in [0, 0.1) is 6.92 Å². The molecule has 0 atom stereocenters. The number of hydrogen-bond donors (Lipinski definition) is 1. The van der Waals surface area contributed by atoms with Crippen LogP contribution >= 0.6 is 0 Å². The Morgan fingerprint density at radius 1 is 0.828 bits per heavy atom. The summed E-state index contributed by atoms with van der Waals surface area (Å²) in [6.07, 6.45) is 8.52. The molecular weight excluding hydrogens is 362 g/mol. The molecule has 1 amide bonds. The molecule has 6 nitrogen and oxygen atoms in total. The minimum Gasteiger partial charge on any atom is -0.348 e. The molecule has 0 fully saturated rings. The van der Waals surface area contributed by atoms with Gasteiger partial charge in [-0.15, -0.1) is 0 Å². The van der Waals surface area contributed by atoms with Crippen LogP contribution in [0.25, 0.3) is 22.5 Å². The van der Waals surface area contributed by atoms with Crippen molar-refractivity contribution in [1.29, 1.82) is 0 Å². The SMILES string of the molecule is Cc1cc(-c2ccc(CNC(=O)c3ccc(-c4cnccn4)cc3)cn2)ccn1. The number of carbonyl (C=O) groups is 1. The maximum Gasteiger partial charge on any atom is 0.251 e. The average molecular weight is 381 g/mol. The zero-order valence-corrected chi connectivity index (χ0v) is 15.9. The highest BCUT2D eigenvalue weighted by atomic mass is 16.1. The van der Waals surface area contributed by atoms with Gasteiger partial charge in [-0.3, -0.25) is 24.7 Å². The molecule has 1 aromatic carbocycles. The summed E-state index contributed by atoms with van der Waals surface area (Å²) < 4.78 is 0. The molecule has 3 heterocycles. The lowest BCUT2D eigenvalue weighted by molar-refractivity contribution is 0.0951. The van der Waals surface area contributed by atoms with Crippen LogP contribution in [0.2, 0.25) is 0 Å². The molecule has 0 saturated carbocycles. The molecule has 29 heavy (non-hydrogen) atoms. The molecule has 3 aromatic heterocycles. The second-order valence-corrected chi connectivity index (χ2v) is 6.59. The van der Waals surface area contributed by atoms with E-state index in [1.165, 1.54) is 0 Å². The Balaban J connectivity index is 1.38. The highest BCUT2D eigenvalue weighted by molar-refractivity contribution is 5.94. The summed E-state index contributed by atoms with van der Waals surface area (Å²) in [5.74, 6) is -0.135. The Bertz CT molecular complexity index is 1110. The van der Waals surface area contributed by atoms with Crippen molar-refractivity contribution in [3.8, 4) is 22.5 Å². The van der Waals surface area contributed by atoms with Gasteiger partial charge < -0.3 is 5.32 Å². The van der Waals surface area contributed by atoms with Gasteiger partial charge in [-0.25, -0.2) is 0 Å². The van der Waals surface area contributed by atoms with E-state index < -0.39 is 0 Å². The number of hydrogen-bond acceptors (Lipinski definition) is 5. The highest BCUT2D eigenvalue weighted by Gasteiger charge is 2.07. The van der Waals surface area contributed by atoms with E-state index in [9.17, 15) is 4.79 Å². The van der Waals surface area contributed by atoms with E-state index in [1.807, 2.05) is 43.3 Å². The van der Waals surface area contributed by atoms with E-state index in [-0.39, 0.29) is 5.91 Å². The van der Waals surface area contributed by atoms with Gasteiger partial charge in [0.05, 0.1) is 17.6 Å². The van der Waals surface area contributed by atoms with E-state index in [4.69, 9.17) is 0 Å². The molecule has 0 aliphatic heterocycles. The molecule has 0 bridgehead atoms. The molecule has 0 aliphatic rings. The molecule has 4 rings (SSSR count). The van der Waals surface area contributed by atoms with E-state index in [0.29, 0.717) is 12.1 Å². The summed E-state index contributed by atoms with van der Waals surface area (Å²) in [7, 11) is 0. The Morgan fingerprint density at radius 2 is 1.69 bits per heavy atom. The number of aryl methyl sites for hydroxylation is 1. The quantitative estimate of drug-likeness (QED) is 0.568. The van der Waals surface area contributed by atoms with Crippen molar-refractivity contribution in [2.75, 3.05) is 0 Å². The number of amides is 1. The third kappa shape index (κ3) is 4.50. The molecule has 0 saturated heterocycles. The summed E-state index contributed by atoms with van der Waals surface area (Å²) >= 11 is 0. The number of aromatic nitrogens is 4. The number of pyridine rings is 2. The summed E-state index contributed by atoms with van der Waals surface area (Å²) in [6.45, 7) is 2.36. The van der Waals surface area contributed by atoms with E-state index >= 15 is 0 Å². The first-order valence-electron chi connectivity index (χ1n) is 9.22. The van der Waals surface area contributed by atoms with Crippen molar-refractivity contribution in [3.63, 3.8) is 0 Å². The van der Waals surface area contributed by atoms with Crippen molar-refractivity contribution < 1.29 is 4.79 Å². The smallest absolute Gasteiger partial charge is 0.251 e. The van der Waals surface area contributed by atoms with Crippen LogP contribution < -0.4 is 5.32 Å². The van der Waals surface area contributed by atoms with Gasteiger partial charge in [0.15, 0.2) is 0 Å². The van der Waals surface area contributed by atoms with Gasteiger partial charge in [-0.1, -0.05) is 18.2 Å². The number of nitrogens with zero attached hydrogens (tertiary/aromatic N) is 4. The van der Waals surface area contributed by atoms with Crippen molar-refractivity contribution in [3.05, 3.63) is 96.3 Å². The van der Waals surface area contributed by atoms with Crippen LogP contribution in [0.1, 0.15) is 21.6 Å². The van der Waals surface area contributed by atoms with Crippen LogP contribution in [-0.4, -0.2) is 25.8 Å². The maximum atomic E-state index is 12.4. The molecule has 142 valence electrons. The first-order chi connectivity index (χ1) is 14.2. The fraction of sp³-hybridized carbons (Fsp3) is 0.0870. The van der Waals surface area contributed by atoms with Crippen molar-refractivity contribution >= 4 is 5.91 Å². The molecule has 0 spiro atoms. The predicted molar refractivity (Wildman–Crippen MR) is 111 cm³/mol. The molecule has 4 aromatic rings. The Labute approximate surface area is 168 Å². The molecule has 0 aliphatic carbocycles. The molecule has 6 heteroatoms. The summed E-state index contributed by atoms with van der Waals surface area (Å²) in [6, 6.07) is 15.1. The number of rotatable bonds is 5. The van der Waals surface area contributed by atoms with Crippen molar-refractivity contribution in [2.45, 2.75) is 13.5 Å². The van der Waals surface area contributed by atoms with Crippen molar-refractivity contribution in [2.24, 2.45) is 0 Å². The van der Waals surface area contributed by atoms with Gasteiger partial charge in [0.1, 0.15) is 0 Å². The second kappa shape index (κ2) is 8.39. The highest BCUT2D eigenvalue weighted by Crippen LogP contribution is 2.18. The number of carbonyl (C=O) groups excluding carboxylic acids is 1. The normalized spacial score (nSPS) is 10.5. The topological polar surface area (TPSA) is 80.7 Å².